The summed E-state index contributed by atoms with van der Waals surface area (Å²) >= 11 is 0. The van der Waals surface area contributed by atoms with Gasteiger partial charge in [0.15, 0.2) is 0 Å². The van der Waals surface area contributed by atoms with Crippen molar-refractivity contribution in [2.24, 2.45) is 0 Å². The van der Waals surface area contributed by atoms with Crippen LogP contribution in [0.4, 0.5) is 21.9 Å². The van der Waals surface area contributed by atoms with Crippen LogP contribution in [0.15, 0.2) is 60.7 Å². The molecular weight excluding hydrogens is 404 g/mol. The maximum absolute atomic E-state index is 12.8. The van der Waals surface area contributed by atoms with Crippen molar-refractivity contribution < 1.29 is 14.6 Å². The lowest BCUT2D eigenvalue weighted by atomic mass is 10.1. The number of anilines is 3. The largest absolute Gasteiger partial charge is 0.506 e. The topological polar surface area (TPSA) is 91.1 Å². The van der Waals surface area contributed by atoms with Gasteiger partial charge in [0, 0.05) is 43.6 Å². The lowest BCUT2D eigenvalue weighted by Gasteiger charge is -2.36. The molecule has 0 aromatic heterocycles. The Morgan fingerprint density at radius 1 is 0.969 bits per heavy atom. The number of ether oxygens (including phenoxy) is 1. The number of urea groups is 1. The Morgan fingerprint density at radius 3 is 2.28 bits per heavy atom. The van der Waals surface area contributed by atoms with Gasteiger partial charge in [0.2, 0.25) is 0 Å². The van der Waals surface area contributed by atoms with Crippen LogP contribution in [-0.2, 0) is 0 Å². The molecule has 0 spiro atoms. The summed E-state index contributed by atoms with van der Waals surface area (Å²) in [5.74, 6) is 1.21. The van der Waals surface area contributed by atoms with E-state index in [-0.39, 0.29) is 11.8 Å². The number of hydrogen-bond acceptors (Lipinski definition) is 5. The smallest absolute Gasteiger partial charge is 0.322 e. The van der Waals surface area contributed by atoms with E-state index in [1.807, 2.05) is 44.2 Å². The first-order chi connectivity index (χ1) is 15.4. The summed E-state index contributed by atoms with van der Waals surface area (Å²) in [5.41, 5.74) is 9.86. The molecular formula is C25H28N4O3. The summed E-state index contributed by atoms with van der Waals surface area (Å²) in [6, 6.07) is 18.4. The van der Waals surface area contributed by atoms with E-state index in [0.29, 0.717) is 36.0 Å². The summed E-state index contributed by atoms with van der Waals surface area (Å²) in [6.45, 7) is 6.56. The third-order valence-corrected chi connectivity index (χ3v) is 5.60. The zero-order valence-corrected chi connectivity index (χ0v) is 18.3. The minimum absolute atomic E-state index is 0.0145. The average Bonchev–Trinajstić information content (AvgIpc) is 2.79. The molecule has 0 unspecified atom stereocenters. The molecule has 0 aliphatic carbocycles. The molecule has 0 radical (unpaired) electrons. The van der Waals surface area contributed by atoms with Crippen LogP contribution < -0.4 is 20.7 Å². The van der Waals surface area contributed by atoms with Crippen molar-refractivity contribution in [3.05, 3.63) is 71.8 Å². The fourth-order valence-corrected chi connectivity index (χ4v) is 3.94. The predicted octanol–water partition coefficient (Wildman–Crippen LogP) is 4.74. The molecule has 1 aliphatic heterocycles. The van der Waals surface area contributed by atoms with E-state index in [9.17, 15) is 9.90 Å². The molecule has 166 valence electrons. The van der Waals surface area contributed by atoms with Crippen LogP contribution in [0, 0.1) is 13.8 Å². The Labute approximate surface area is 188 Å². The number of phenolic OH excluding ortho intramolecular Hbond substituents is 1. The van der Waals surface area contributed by atoms with Crippen LogP contribution in [-0.4, -0.2) is 42.2 Å². The van der Waals surface area contributed by atoms with Gasteiger partial charge in [-0.25, -0.2) is 4.79 Å². The van der Waals surface area contributed by atoms with E-state index in [4.69, 9.17) is 10.5 Å². The molecule has 4 N–H and O–H groups in total. The van der Waals surface area contributed by atoms with Crippen LogP contribution in [0.3, 0.4) is 0 Å². The lowest BCUT2D eigenvalue weighted by Crippen LogP contribution is -2.50. The Hall–Kier alpha value is -3.87. The molecule has 7 nitrogen and oxygen atoms in total. The van der Waals surface area contributed by atoms with Gasteiger partial charge in [-0.1, -0.05) is 18.2 Å². The van der Waals surface area contributed by atoms with Crippen molar-refractivity contribution in [3.8, 4) is 17.2 Å². The third-order valence-electron chi connectivity index (χ3n) is 5.60. The molecule has 1 saturated heterocycles. The molecule has 0 saturated carbocycles. The van der Waals surface area contributed by atoms with Crippen LogP contribution in [0.25, 0.3) is 0 Å². The fraction of sp³-hybridized carbons (Fsp3) is 0.240. The Morgan fingerprint density at radius 2 is 1.62 bits per heavy atom. The fourth-order valence-electron chi connectivity index (χ4n) is 3.94. The SMILES string of the molecule is Cc1cc(N)cc(C)c1Oc1ccc(O)c(NC(=O)N2CCN(c3ccccc3)CC2)c1. The van der Waals surface area contributed by atoms with E-state index < -0.39 is 0 Å². The van der Waals surface area contributed by atoms with Gasteiger partial charge in [-0.3, -0.25) is 0 Å². The number of carbonyl (C=O) groups is 1. The number of phenols is 1. The van der Waals surface area contributed by atoms with Crippen molar-refractivity contribution in [2.45, 2.75) is 13.8 Å². The second-order valence-electron chi connectivity index (χ2n) is 8.00. The number of aromatic hydroxyl groups is 1. The van der Waals surface area contributed by atoms with E-state index in [1.165, 1.54) is 6.07 Å². The number of nitrogens with zero attached hydrogens (tertiary/aromatic N) is 2. The van der Waals surface area contributed by atoms with Crippen molar-refractivity contribution in [2.75, 3.05) is 42.1 Å². The summed E-state index contributed by atoms with van der Waals surface area (Å²) in [7, 11) is 0. The third kappa shape index (κ3) is 4.72. The summed E-state index contributed by atoms with van der Waals surface area (Å²) in [5, 5.41) is 13.1. The molecule has 4 rings (SSSR count). The average molecular weight is 433 g/mol. The van der Waals surface area contributed by atoms with Gasteiger partial charge < -0.3 is 30.7 Å². The Balaban J connectivity index is 1.42. The van der Waals surface area contributed by atoms with Gasteiger partial charge in [-0.15, -0.1) is 0 Å². The maximum Gasteiger partial charge on any atom is 0.322 e. The second-order valence-corrected chi connectivity index (χ2v) is 8.00. The highest BCUT2D eigenvalue weighted by Gasteiger charge is 2.22. The molecule has 1 aliphatic rings. The lowest BCUT2D eigenvalue weighted by molar-refractivity contribution is 0.208. The molecule has 3 aromatic rings. The standard InChI is InChI=1S/C25H28N4O3/c1-17-14-19(26)15-18(2)24(17)32-21-8-9-23(30)22(16-21)27-25(31)29-12-10-28(11-13-29)20-6-4-3-5-7-20/h3-9,14-16,30H,10-13,26H2,1-2H3,(H,27,31). The number of carbonyl (C=O) groups excluding carboxylic acids is 1. The molecule has 1 heterocycles. The predicted molar refractivity (Wildman–Crippen MR) is 128 cm³/mol. The van der Waals surface area contributed by atoms with Crippen molar-refractivity contribution in [1.82, 2.24) is 4.90 Å². The molecule has 0 bridgehead atoms. The van der Waals surface area contributed by atoms with E-state index in [0.717, 1.165) is 29.9 Å². The Bertz CT molecular complexity index is 1090. The number of amides is 2. The van der Waals surface area contributed by atoms with E-state index >= 15 is 0 Å². The highest BCUT2D eigenvalue weighted by Crippen LogP contribution is 2.34. The monoisotopic (exact) mass is 432 g/mol. The summed E-state index contributed by atoms with van der Waals surface area (Å²) in [6.07, 6.45) is 0. The molecule has 0 atom stereocenters. The molecule has 7 heteroatoms. The normalized spacial score (nSPS) is 13.7. The summed E-state index contributed by atoms with van der Waals surface area (Å²) < 4.78 is 6.04. The number of nitrogen functional groups attached to an aromatic ring is 1. The quantitative estimate of drug-likeness (QED) is 0.409. The van der Waals surface area contributed by atoms with Crippen LogP contribution in [0.5, 0.6) is 17.2 Å². The first kappa shape index (κ1) is 21.4. The highest BCUT2D eigenvalue weighted by atomic mass is 16.5. The number of benzene rings is 3. The minimum atomic E-state index is -0.245. The number of aryl methyl sites for hydroxylation is 2. The van der Waals surface area contributed by atoms with Gasteiger partial charge in [-0.2, -0.15) is 0 Å². The van der Waals surface area contributed by atoms with Gasteiger partial charge in [-0.05, 0) is 61.4 Å². The van der Waals surface area contributed by atoms with Crippen LogP contribution in [0.1, 0.15) is 11.1 Å². The number of nitrogens with one attached hydrogen (secondary N) is 1. The van der Waals surface area contributed by atoms with Gasteiger partial charge in [0.1, 0.15) is 17.2 Å². The van der Waals surface area contributed by atoms with Gasteiger partial charge in [0.25, 0.3) is 0 Å². The minimum Gasteiger partial charge on any atom is -0.506 e. The zero-order chi connectivity index (χ0) is 22.7. The maximum atomic E-state index is 12.8. The number of piperazine rings is 1. The number of nitrogens with two attached hydrogens (primary N) is 1. The second kappa shape index (κ2) is 9.09. The first-order valence-electron chi connectivity index (χ1n) is 10.6. The molecule has 2 amide bonds. The van der Waals surface area contributed by atoms with Gasteiger partial charge in [0.05, 0.1) is 5.69 Å². The van der Waals surface area contributed by atoms with E-state index in [1.54, 1.807) is 17.0 Å². The Kier molecular flexibility index (Phi) is 6.07. The molecule has 32 heavy (non-hydrogen) atoms. The van der Waals surface area contributed by atoms with Crippen LogP contribution in [0.2, 0.25) is 0 Å². The number of hydrogen-bond donors (Lipinski definition) is 3. The molecule has 3 aromatic carbocycles. The van der Waals surface area contributed by atoms with Crippen molar-refractivity contribution in [3.63, 3.8) is 0 Å². The van der Waals surface area contributed by atoms with Gasteiger partial charge >= 0.3 is 6.03 Å². The first-order valence-corrected chi connectivity index (χ1v) is 10.6. The number of rotatable bonds is 4. The van der Waals surface area contributed by atoms with E-state index in [2.05, 4.69) is 22.3 Å². The van der Waals surface area contributed by atoms with Crippen molar-refractivity contribution >= 4 is 23.1 Å². The summed E-state index contributed by atoms with van der Waals surface area (Å²) in [4.78, 5) is 16.8. The highest BCUT2D eigenvalue weighted by molar-refractivity contribution is 5.91. The van der Waals surface area contributed by atoms with Crippen LogP contribution >= 0.6 is 0 Å². The zero-order valence-electron chi connectivity index (χ0n) is 18.3. The van der Waals surface area contributed by atoms with Crippen molar-refractivity contribution in [1.29, 1.82) is 0 Å². The molecule has 1 fully saturated rings. The number of para-hydroxylation sites is 1.